The Kier molecular flexibility index (Phi) is 8.53. The zero-order valence-corrected chi connectivity index (χ0v) is 23.5. The molecule has 1 saturated carbocycles. The second-order valence-electron chi connectivity index (χ2n) is 11.1. The van der Waals surface area contributed by atoms with E-state index in [0.29, 0.717) is 35.0 Å². The number of benzene rings is 2. The van der Waals surface area contributed by atoms with Crippen LogP contribution in [-0.4, -0.2) is 41.1 Å². The molecule has 1 fully saturated rings. The number of alkyl halides is 3. The summed E-state index contributed by atoms with van der Waals surface area (Å²) in [7, 11) is 1.54. The number of nitrogens with one attached hydrogen (secondary N) is 4. The Hall–Kier alpha value is -3.47. The summed E-state index contributed by atoms with van der Waals surface area (Å²) in [6.45, 7) is 5.86. The molecule has 0 saturated heterocycles. The maximum atomic E-state index is 13.0. The van der Waals surface area contributed by atoms with Crippen molar-refractivity contribution in [2.24, 2.45) is 11.3 Å². The molecule has 1 aromatic heterocycles. The van der Waals surface area contributed by atoms with Crippen LogP contribution in [0, 0.1) is 11.3 Å². The molecule has 4 rings (SSSR count). The fourth-order valence-electron chi connectivity index (χ4n) is 4.63. The molecule has 216 valence electrons. The number of nitrogens with zero attached hydrogens (tertiary/aromatic N) is 1. The standard InChI is InChI=1S/C28H33ClF3N5O3/c1-27(2,3)25(39)33-14-15-5-10-23(40-4)22(11-15)37-26-35-20-12-18(19(29)13-21(20)36-26)24(38)34-17-8-6-16(7-9-17)28(30,31)32/h5,10-13,16-17H,6-9,14H2,1-4H3,(H,33,39)(H,34,38)(H2,35,36,37)/t16-,17-. The third kappa shape index (κ3) is 6.99. The molecule has 0 spiro atoms. The van der Waals surface area contributed by atoms with Crippen LogP contribution in [0.15, 0.2) is 30.3 Å². The van der Waals surface area contributed by atoms with Gasteiger partial charge in [-0.2, -0.15) is 13.2 Å². The first-order valence-corrected chi connectivity index (χ1v) is 13.4. The number of methoxy groups -OCH3 is 1. The van der Waals surface area contributed by atoms with E-state index in [1.165, 1.54) is 0 Å². The quantitative estimate of drug-likeness (QED) is 0.256. The number of hydrogen-bond acceptors (Lipinski definition) is 5. The average Bonchev–Trinajstić information content (AvgIpc) is 3.26. The number of carbonyl (C=O) groups excluding carboxylic acids is 2. The van der Waals surface area contributed by atoms with Gasteiger partial charge in [-0.05, 0) is 55.5 Å². The number of aromatic nitrogens is 2. The number of hydrogen-bond donors (Lipinski definition) is 4. The van der Waals surface area contributed by atoms with Crippen molar-refractivity contribution in [1.29, 1.82) is 0 Å². The van der Waals surface area contributed by atoms with Crippen molar-refractivity contribution in [3.8, 4) is 5.75 Å². The van der Waals surface area contributed by atoms with E-state index in [1.54, 1.807) is 25.3 Å². The molecule has 2 aromatic carbocycles. The Morgan fingerprint density at radius 3 is 2.42 bits per heavy atom. The highest BCUT2D eigenvalue weighted by molar-refractivity contribution is 6.34. The van der Waals surface area contributed by atoms with Crippen molar-refractivity contribution in [2.45, 2.75) is 65.2 Å². The first-order valence-electron chi connectivity index (χ1n) is 13.0. The Morgan fingerprint density at radius 1 is 1.10 bits per heavy atom. The second-order valence-corrected chi connectivity index (χ2v) is 11.5. The summed E-state index contributed by atoms with van der Waals surface area (Å²) in [6.07, 6.45) is -3.71. The molecule has 3 aromatic rings. The Balaban J connectivity index is 1.47. The number of rotatable bonds is 7. The van der Waals surface area contributed by atoms with Crippen molar-refractivity contribution in [1.82, 2.24) is 20.6 Å². The summed E-state index contributed by atoms with van der Waals surface area (Å²) in [5.41, 5.74) is 2.21. The maximum Gasteiger partial charge on any atom is 0.391 e. The van der Waals surface area contributed by atoms with E-state index in [0.717, 1.165) is 5.56 Å². The molecule has 0 unspecified atom stereocenters. The SMILES string of the molecule is COc1ccc(CNC(=O)C(C)(C)C)cc1Nc1nc2cc(C(=O)N[C@H]3CC[C@H](C(F)(F)F)CC3)c(Cl)cc2[nH]1. The van der Waals surface area contributed by atoms with Gasteiger partial charge in [-0.25, -0.2) is 4.98 Å². The van der Waals surface area contributed by atoms with Crippen LogP contribution in [0.1, 0.15) is 62.4 Å². The van der Waals surface area contributed by atoms with Crippen molar-refractivity contribution in [3.05, 3.63) is 46.5 Å². The van der Waals surface area contributed by atoms with E-state index in [2.05, 4.69) is 25.9 Å². The predicted molar refractivity (Wildman–Crippen MR) is 148 cm³/mol. The van der Waals surface area contributed by atoms with Gasteiger partial charge in [-0.1, -0.05) is 38.4 Å². The zero-order valence-electron chi connectivity index (χ0n) is 22.8. The molecule has 2 amide bonds. The number of ether oxygens (including phenoxy) is 1. The van der Waals surface area contributed by atoms with E-state index < -0.39 is 23.4 Å². The first-order chi connectivity index (χ1) is 18.7. The van der Waals surface area contributed by atoms with Gasteiger partial charge in [0.25, 0.3) is 5.91 Å². The highest BCUT2D eigenvalue weighted by Crippen LogP contribution is 2.38. The summed E-state index contributed by atoms with van der Waals surface area (Å²) in [6, 6.07) is 8.26. The number of imidazole rings is 1. The van der Waals surface area contributed by atoms with Gasteiger partial charge in [0, 0.05) is 18.0 Å². The molecular formula is C28H33ClF3N5O3. The fourth-order valence-corrected chi connectivity index (χ4v) is 4.88. The van der Waals surface area contributed by atoms with Gasteiger partial charge in [0.05, 0.1) is 40.3 Å². The molecule has 1 aliphatic rings. The largest absolute Gasteiger partial charge is 0.495 e. The van der Waals surface area contributed by atoms with Crippen LogP contribution in [0.25, 0.3) is 11.0 Å². The van der Waals surface area contributed by atoms with Crippen LogP contribution in [0.5, 0.6) is 5.75 Å². The molecule has 12 heteroatoms. The molecule has 4 N–H and O–H groups in total. The van der Waals surface area contributed by atoms with E-state index in [1.807, 2.05) is 32.9 Å². The molecule has 40 heavy (non-hydrogen) atoms. The van der Waals surface area contributed by atoms with Crippen molar-refractivity contribution >= 4 is 46.1 Å². The highest BCUT2D eigenvalue weighted by atomic mass is 35.5. The van der Waals surface area contributed by atoms with Crippen LogP contribution in [0.4, 0.5) is 24.8 Å². The van der Waals surface area contributed by atoms with Crippen molar-refractivity contribution in [2.75, 3.05) is 12.4 Å². The molecule has 8 nitrogen and oxygen atoms in total. The van der Waals surface area contributed by atoms with Crippen LogP contribution >= 0.6 is 11.6 Å². The number of amides is 2. The highest BCUT2D eigenvalue weighted by Gasteiger charge is 2.41. The number of aromatic amines is 1. The smallest absolute Gasteiger partial charge is 0.391 e. The van der Waals surface area contributed by atoms with Gasteiger partial charge in [-0.3, -0.25) is 9.59 Å². The van der Waals surface area contributed by atoms with Crippen LogP contribution < -0.4 is 20.7 Å². The van der Waals surface area contributed by atoms with E-state index in [9.17, 15) is 22.8 Å². The van der Waals surface area contributed by atoms with Gasteiger partial charge in [0.1, 0.15) is 5.75 Å². The Labute approximate surface area is 235 Å². The predicted octanol–water partition coefficient (Wildman–Crippen LogP) is 6.48. The average molecular weight is 580 g/mol. The van der Waals surface area contributed by atoms with Crippen LogP contribution in [-0.2, 0) is 11.3 Å². The topological polar surface area (TPSA) is 108 Å². The van der Waals surface area contributed by atoms with Gasteiger partial charge in [-0.15, -0.1) is 0 Å². The van der Waals surface area contributed by atoms with Gasteiger partial charge >= 0.3 is 6.18 Å². The number of anilines is 2. The Morgan fingerprint density at radius 2 is 1.80 bits per heavy atom. The maximum absolute atomic E-state index is 13.0. The number of fused-ring (bicyclic) bond motifs is 1. The minimum Gasteiger partial charge on any atom is -0.495 e. The summed E-state index contributed by atoms with van der Waals surface area (Å²) in [5, 5.41) is 9.11. The lowest BCUT2D eigenvalue weighted by atomic mass is 9.85. The summed E-state index contributed by atoms with van der Waals surface area (Å²) < 4.78 is 44.3. The van der Waals surface area contributed by atoms with Crippen LogP contribution in [0.3, 0.4) is 0 Å². The number of halogens is 4. The summed E-state index contributed by atoms with van der Waals surface area (Å²) in [4.78, 5) is 32.8. The molecule has 0 bridgehead atoms. The summed E-state index contributed by atoms with van der Waals surface area (Å²) in [5.74, 6) is -0.905. The van der Waals surface area contributed by atoms with E-state index in [-0.39, 0.29) is 48.2 Å². The molecule has 0 aliphatic heterocycles. The zero-order chi connectivity index (χ0) is 29.2. The van der Waals surface area contributed by atoms with Gasteiger partial charge in [0.15, 0.2) is 0 Å². The second kappa shape index (κ2) is 11.6. The summed E-state index contributed by atoms with van der Waals surface area (Å²) >= 11 is 6.40. The molecule has 1 aliphatic carbocycles. The Bertz CT molecular complexity index is 1390. The molecular weight excluding hydrogens is 547 g/mol. The number of carbonyl (C=O) groups is 2. The minimum absolute atomic E-state index is 0.0107. The van der Waals surface area contributed by atoms with E-state index >= 15 is 0 Å². The van der Waals surface area contributed by atoms with Gasteiger partial charge < -0.3 is 25.7 Å². The third-order valence-electron chi connectivity index (χ3n) is 6.99. The monoisotopic (exact) mass is 579 g/mol. The molecule has 0 radical (unpaired) electrons. The third-order valence-corrected chi connectivity index (χ3v) is 7.30. The number of H-pyrrole nitrogens is 1. The first kappa shape index (κ1) is 29.5. The normalized spacial score (nSPS) is 17.9. The van der Waals surface area contributed by atoms with Crippen molar-refractivity contribution < 1.29 is 27.5 Å². The van der Waals surface area contributed by atoms with Crippen LogP contribution in [0.2, 0.25) is 5.02 Å². The molecule has 1 heterocycles. The van der Waals surface area contributed by atoms with Gasteiger partial charge in [0.2, 0.25) is 11.9 Å². The fraction of sp³-hybridized carbons (Fsp3) is 0.464. The van der Waals surface area contributed by atoms with E-state index in [4.69, 9.17) is 16.3 Å². The lowest BCUT2D eigenvalue weighted by Crippen LogP contribution is -2.40. The molecule has 0 atom stereocenters. The van der Waals surface area contributed by atoms with Crippen molar-refractivity contribution in [3.63, 3.8) is 0 Å². The minimum atomic E-state index is -4.21. The lowest BCUT2D eigenvalue weighted by Gasteiger charge is -2.30. The lowest BCUT2D eigenvalue weighted by molar-refractivity contribution is -0.182.